The van der Waals surface area contributed by atoms with E-state index in [0.29, 0.717) is 23.5 Å². The molecule has 0 spiro atoms. The van der Waals surface area contributed by atoms with Gasteiger partial charge < -0.3 is 18.6 Å². The molecular weight excluding hydrogens is 440 g/mol. The van der Waals surface area contributed by atoms with E-state index in [2.05, 4.69) is 11.6 Å². The topological polar surface area (TPSA) is 113 Å². The minimum absolute atomic E-state index is 0.0146. The Hall–Kier alpha value is -4.66. The van der Waals surface area contributed by atoms with Gasteiger partial charge in [0.15, 0.2) is 11.5 Å². The summed E-state index contributed by atoms with van der Waals surface area (Å²) in [4.78, 5) is 27.1. The maximum atomic E-state index is 12.3. The van der Waals surface area contributed by atoms with Gasteiger partial charge in [0.25, 0.3) is 11.6 Å². The van der Waals surface area contributed by atoms with Crippen molar-refractivity contribution >= 4 is 23.6 Å². The zero-order chi connectivity index (χ0) is 23.9. The van der Waals surface area contributed by atoms with Crippen molar-refractivity contribution < 1.29 is 28.3 Å². The number of non-ortho nitro benzene ring substituents is 1. The van der Waals surface area contributed by atoms with Crippen LogP contribution in [0.1, 0.15) is 16.9 Å². The summed E-state index contributed by atoms with van der Waals surface area (Å²) in [6, 6.07) is 14.9. The fourth-order valence-corrected chi connectivity index (χ4v) is 3.23. The van der Waals surface area contributed by atoms with Gasteiger partial charge in [-0.05, 0) is 42.3 Å². The summed E-state index contributed by atoms with van der Waals surface area (Å²) in [5, 5.41) is 11.3. The maximum Gasteiger partial charge on any atom is 0.363 e. The van der Waals surface area contributed by atoms with E-state index >= 15 is 0 Å². The number of esters is 1. The molecule has 0 atom stereocenters. The van der Waals surface area contributed by atoms with Crippen LogP contribution in [-0.4, -0.2) is 30.0 Å². The van der Waals surface area contributed by atoms with Crippen LogP contribution < -0.4 is 9.47 Å². The van der Waals surface area contributed by atoms with Crippen LogP contribution in [0.3, 0.4) is 0 Å². The smallest absolute Gasteiger partial charge is 0.363 e. The second kappa shape index (κ2) is 10.3. The molecule has 9 heteroatoms. The zero-order valence-electron chi connectivity index (χ0n) is 18.0. The first-order valence-corrected chi connectivity index (χ1v) is 10.3. The lowest BCUT2D eigenvalue weighted by atomic mass is 10.1. The number of benzene rings is 2. The van der Waals surface area contributed by atoms with E-state index < -0.39 is 10.9 Å². The van der Waals surface area contributed by atoms with E-state index in [1.165, 1.54) is 30.5 Å². The van der Waals surface area contributed by atoms with Crippen LogP contribution in [0.25, 0.3) is 6.08 Å². The Morgan fingerprint density at radius 2 is 1.85 bits per heavy atom. The number of aliphatic imine (C=N–C) groups is 1. The van der Waals surface area contributed by atoms with Crippen molar-refractivity contribution in [2.45, 2.75) is 6.42 Å². The van der Waals surface area contributed by atoms with E-state index in [0.717, 1.165) is 11.3 Å². The minimum atomic E-state index is -0.703. The van der Waals surface area contributed by atoms with Crippen molar-refractivity contribution in [2.75, 3.05) is 13.2 Å². The number of cyclic esters (lactones) is 1. The summed E-state index contributed by atoms with van der Waals surface area (Å²) in [5.41, 5.74) is 1.11. The Bertz CT molecular complexity index is 1280. The first-order valence-electron chi connectivity index (χ1n) is 10.3. The Balaban J connectivity index is 1.51. The van der Waals surface area contributed by atoms with Gasteiger partial charge in [0.2, 0.25) is 0 Å². The lowest BCUT2D eigenvalue weighted by Gasteiger charge is -2.12. The molecule has 2 heterocycles. The highest BCUT2D eigenvalue weighted by Crippen LogP contribution is 2.29. The number of hydrogen-bond donors (Lipinski definition) is 0. The second-order valence-electron chi connectivity index (χ2n) is 7.09. The van der Waals surface area contributed by atoms with Gasteiger partial charge in [0.1, 0.15) is 24.7 Å². The third-order valence-electron chi connectivity index (χ3n) is 4.78. The molecule has 3 aromatic rings. The molecule has 9 nitrogen and oxygen atoms in total. The van der Waals surface area contributed by atoms with Crippen LogP contribution in [0.15, 0.2) is 88.6 Å². The van der Waals surface area contributed by atoms with Crippen LogP contribution in [0.2, 0.25) is 0 Å². The van der Waals surface area contributed by atoms with Gasteiger partial charge in [0.05, 0.1) is 11.2 Å². The number of carbonyl (C=O) groups excluding carboxylic acids is 1. The minimum Gasteiger partial charge on any atom is -0.490 e. The lowest BCUT2D eigenvalue weighted by molar-refractivity contribution is -0.384. The number of nitrogens with zero attached hydrogens (tertiary/aromatic N) is 2. The Labute approximate surface area is 194 Å². The molecule has 172 valence electrons. The molecule has 0 aliphatic carbocycles. The predicted octanol–water partition coefficient (Wildman–Crippen LogP) is 4.72. The Morgan fingerprint density at radius 1 is 1.06 bits per heavy atom. The van der Waals surface area contributed by atoms with Gasteiger partial charge in [0, 0.05) is 17.7 Å². The number of allylic oxidation sites excluding steroid dienone is 1. The average Bonchev–Trinajstić information content (AvgIpc) is 3.49. The molecule has 0 saturated carbocycles. The fraction of sp³-hybridized carbons (Fsp3) is 0.120. The SMILES string of the molecule is C=CCc1ccccc1OCCOc1ccc([N+](=O)[O-])cc1C=C1N=C(c2ccco2)OC1=O. The number of furan rings is 1. The van der Waals surface area contributed by atoms with Gasteiger partial charge in [-0.15, -0.1) is 6.58 Å². The molecule has 0 amide bonds. The molecule has 1 aliphatic heterocycles. The summed E-state index contributed by atoms with van der Waals surface area (Å²) < 4.78 is 22.0. The molecule has 0 N–H and O–H groups in total. The largest absolute Gasteiger partial charge is 0.490 e. The number of carbonyl (C=O) groups is 1. The first-order chi connectivity index (χ1) is 16.5. The molecule has 4 rings (SSSR count). The highest BCUT2D eigenvalue weighted by molar-refractivity contribution is 6.12. The van der Waals surface area contributed by atoms with E-state index in [1.807, 2.05) is 24.3 Å². The van der Waals surface area contributed by atoms with Crippen molar-refractivity contribution in [3.05, 3.63) is 106 Å². The summed E-state index contributed by atoms with van der Waals surface area (Å²) in [5.74, 6) is 0.661. The van der Waals surface area contributed by atoms with Crippen LogP contribution in [0.5, 0.6) is 11.5 Å². The summed E-state index contributed by atoms with van der Waals surface area (Å²) in [6.45, 7) is 4.16. The van der Waals surface area contributed by atoms with E-state index in [1.54, 1.807) is 18.2 Å². The van der Waals surface area contributed by atoms with Gasteiger partial charge in [-0.3, -0.25) is 10.1 Å². The summed E-state index contributed by atoms with van der Waals surface area (Å²) in [6.07, 6.45) is 5.27. The zero-order valence-corrected chi connectivity index (χ0v) is 18.0. The Morgan fingerprint density at radius 3 is 2.59 bits per heavy atom. The van der Waals surface area contributed by atoms with E-state index in [9.17, 15) is 14.9 Å². The first kappa shape index (κ1) is 22.5. The van der Waals surface area contributed by atoms with Gasteiger partial charge >= 0.3 is 5.97 Å². The highest BCUT2D eigenvalue weighted by atomic mass is 16.6. The van der Waals surface area contributed by atoms with Crippen LogP contribution in [0.4, 0.5) is 5.69 Å². The second-order valence-corrected chi connectivity index (χ2v) is 7.09. The number of ether oxygens (including phenoxy) is 3. The molecule has 0 unspecified atom stereocenters. The van der Waals surface area contributed by atoms with Crippen LogP contribution in [0, 0.1) is 10.1 Å². The number of nitro benzene ring substituents is 1. The number of rotatable bonds is 10. The number of nitro groups is 1. The molecule has 1 aromatic heterocycles. The predicted molar refractivity (Wildman–Crippen MR) is 124 cm³/mol. The number of hydrogen-bond acceptors (Lipinski definition) is 8. The van der Waals surface area contributed by atoms with Crippen LogP contribution in [-0.2, 0) is 16.0 Å². The monoisotopic (exact) mass is 460 g/mol. The van der Waals surface area contributed by atoms with Crippen molar-refractivity contribution in [3.63, 3.8) is 0 Å². The normalized spacial score (nSPS) is 13.9. The van der Waals surface area contributed by atoms with Crippen molar-refractivity contribution in [1.29, 1.82) is 0 Å². The van der Waals surface area contributed by atoms with E-state index in [4.69, 9.17) is 18.6 Å². The van der Waals surface area contributed by atoms with Gasteiger partial charge in [-0.1, -0.05) is 24.3 Å². The van der Waals surface area contributed by atoms with Gasteiger partial charge in [-0.25, -0.2) is 9.79 Å². The molecule has 0 fully saturated rings. The number of para-hydroxylation sites is 1. The molecule has 1 aliphatic rings. The molecule has 34 heavy (non-hydrogen) atoms. The lowest BCUT2D eigenvalue weighted by Crippen LogP contribution is -2.10. The third-order valence-corrected chi connectivity index (χ3v) is 4.78. The molecule has 2 aromatic carbocycles. The van der Waals surface area contributed by atoms with Gasteiger partial charge in [-0.2, -0.15) is 0 Å². The van der Waals surface area contributed by atoms with Crippen LogP contribution >= 0.6 is 0 Å². The molecule has 0 radical (unpaired) electrons. The van der Waals surface area contributed by atoms with Crippen molar-refractivity contribution in [3.8, 4) is 11.5 Å². The maximum absolute atomic E-state index is 12.3. The average molecular weight is 460 g/mol. The summed E-state index contributed by atoms with van der Waals surface area (Å²) in [7, 11) is 0. The fourth-order valence-electron chi connectivity index (χ4n) is 3.23. The third kappa shape index (κ3) is 5.21. The molecule has 0 bridgehead atoms. The molecular formula is C25H20N2O7. The Kier molecular flexibility index (Phi) is 6.83. The molecule has 0 saturated heterocycles. The van der Waals surface area contributed by atoms with Crippen molar-refractivity contribution in [1.82, 2.24) is 0 Å². The highest BCUT2D eigenvalue weighted by Gasteiger charge is 2.26. The standard InChI is InChI=1S/C25H20N2O7/c1-2-6-17-7-3-4-8-21(17)32-13-14-33-22-11-10-19(27(29)30)15-18(22)16-20-25(28)34-24(26-20)23-9-5-12-31-23/h2-5,7-12,15-16H,1,6,13-14H2. The van der Waals surface area contributed by atoms with Crippen molar-refractivity contribution in [2.24, 2.45) is 4.99 Å². The quantitative estimate of drug-likeness (QED) is 0.107. The van der Waals surface area contributed by atoms with E-state index in [-0.39, 0.29) is 30.5 Å². The summed E-state index contributed by atoms with van der Waals surface area (Å²) >= 11 is 0.